The highest BCUT2D eigenvalue weighted by Crippen LogP contribution is 2.27. The first-order chi connectivity index (χ1) is 10.6. The normalized spacial score (nSPS) is 10.2. The molecule has 2 N–H and O–H groups in total. The largest absolute Gasteiger partial charge is 0.489 e. The average Bonchev–Trinajstić information content (AvgIpc) is 2.95. The zero-order valence-electron chi connectivity index (χ0n) is 11.8. The molecule has 0 bridgehead atoms. The van der Waals surface area contributed by atoms with Gasteiger partial charge in [0.25, 0.3) is 0 Å². The lowest BCUT2D eigenvalue weighted by atomic mass is 10.1. The Hall–Kier alpha value is -1.88. The van der Waals surface area contributed by atoms with E-state index in [0.717, 1.165) is 16.9 Å². The summed E-state index contributed by atoms with van der Waals surface area (Å²) in [6.45, 7) is 0.405. The van der Waals surface area contributed by atoms with Crippen LogP contribution in [0.3, 0.4) is 0 Å². The van der Waals surface area contributed by atoms with Gasteiger partial charge in [-0.15, -0.1) is 12.4 Å². The third-order valence-corrected chi connectivity index (χ3v) is 3.85. The second-order valence-electron chi connectivity index (χ2n) is 4.68. The van der Waals surface area contributed by atoms with Crippen LogP contribution in [-0.2, 0) is 6.61 Å². The van der Waals surface area contributed by atoms with Gasteiger partial charge in [0.2, 0.25) is 0 Å². The molecule has 0 fully saturated rings. The molecule has 2 aromatic carbocycles. The lowest BCUT2D eigenvalue weighted by molar-refractivity contribution is 0.306. The fourth-order valence-electron chi connectivity index (χ4n) is 1.97. The number of hydrogen-bond acceptors (Lipinski definition) is 4. The van der Waals surface area contributed by atoms with E-state index in [1.54, 1.807) is 12.1 Å². The fourth-order valence-corrected chi connectivity index (χ4v) is 2.29. The van der Waals surface area contributed by atoms with Crippen molar-refractivity contribution < 1.29 is 9.26 Å². The van der Waals surface area contributed by atoms with Crippen molar-refractivity contribution in [2.24, 2.45) is 0 Å². The van der Waals surface area contributed by atoms with Crippen LogP contribution in [0.1, 0.15) is 5.56 Å². The van der Waals surface area contributed by atoms with Gasteiger partial charge in [-0.1, -0.05) is 34.4 Å². The van der Waals surface area contributed by atoms with Crippen molar-refractivity contribution in [1.82, 2.24) is 5.16 Å². The summed E-state index contributed by atoms with van der Waals surface area (Å²) < 4.78 is 10.5. The maximum atomic E-state index is 5.97. The van der Waals surface area contributed by atoms with Crippen molar-refractivity contribution in [2.75, 3.05) is 5.73 Å². The van der Waals surface area contributed by atoms with Gasteiger partial charge in [-0.3, -0.25) is 0 Å². The van der Waals surface area contributed by atoms with Gasteiger partial charge in [0.15, 0.2) is 0 Å². The van der Waals surface area contributed by atoms with E-state index in [2.05, 4.69) is 5.16 Å². The topological polar surface area (TPSA) is 61.3 Å². The van der Waals surface area contributed by atoms with Gasteiger partial charge in [0.05, 0.1) is 10.0 Å². The number of benzene rings is 2. The molecule has 23 heavy (non-hydrogen) atoms. The zero-order chi connectivity index (χ0) is 15.5. The van der Waals surface area contributed by atoms with Crippen molar-refractivity contribution in [2.45, 2.75) is 6.61 Å². The average molecular weight is 372 g/mol. The van der Waals surface area contributed by atoms with Crippen molar-refractivity contribution >= 4 is 41.3 Å². The van der Waals surface area contributed by atoms with Gasteiger partial charge in [0, 0.05) is 5.56 Å². The minimum atomic E-state index is 0. The third kappa shape index (κ3) is 4.10. The number of anilines is 1. The lowest BCUT2D eigenvalue weighted by Gasteiger charge is -2.08. The smallest absolute Gasteiger partial charge is 0.147 e. The lowest BCUT2D eigenvalue weighted by Crippen LogP contribution is -1.95. The summed E-state index contributed by atoms with van der Waals surface area (Å²) in [6, 6.07) is 12.9. The van der Waals surface area contributed by atoms with Gasteiger partial charge in [-0.05, 0) is 42.0 Å². The molecule has 0 aliphatic carbocycles. The number of ether oxygens (including phenoxy) is 1. The maximum Gasteiger partial charge on any atom is 0.147 e. The summed E-state index contributed by atoms with van der Waals surface area (Å²) in [5, 5.41) is 4.90. The van der Waals surface area contributed by atoms with Gasteiger partial charge in [-0.25, -0.2) is 0 Å². The van der Waals surface area contributed by atoms with Gasteiger partial charge in [-0.2, -0.15) is 0 Å². The van der Waals surface area contributed by atoms with E-state index in [-0.39, 0.29) is 12.4 Å². The Morgan fingerprint density at radius 3 is 2.39 bits per heavy atom. The molecule has 0 amide bonds. The van der Waals surface area contributed by atoms with E-state index in [4.69, 9.17) is 38.2 Å². The van der Waals surface area contributed by atoms with E-state index < -0.39 is 0 Å². The molecule has 0 aliphatic heterocycles. The van der Waals surface area contributed by atoms with Crippen LogP contribution < -0.4 is 10.5 Å². The van der Waals surface area contributed by atoms with Crippen LogP contribution >= 0.6 is 35.6 Å². The minimum Gasteiger partial charge on any atom is -0.489 e. The van der Waals surface area contributed by atoms with Gasteiger partial charge in [0.1, 0.15) is 30.0 Å². The molecule has 0 unspecified atom stereocenters. The van der Waals surface area contributed by atoms with Crippen molar-refractivity contribution in [3.05, 3.63) is 64.3 Å². The van der Waals surface area contributed by atoms with Gasteiger partial charge < -0.3 is 15.0 Å². The monoisotopic (exact) mass is 370 g/mol. The van der Waals surface area contributed by atoms with Gasteiger partial charge >= 0.3 is 0 Å². The molecule has 1 aromatic heterocycles. The SMILES string of the molecule is Cl.Nc1conc1-c1ccc(OCc2ccc(Cl)c(Cl)c2)cc1. The highest BCUT2D eigenvalue weighted by molar-refractivity contribution is 6.42. The van der Waals surface area contributed by atoms with Crippen LogP contribution in [0.15, 0.2) is 53.3 Å². The number of halogens is 3. The summed E-state index contributed by atoms with van der Waals surface area (Å²) in [5.41, 5.74) is 8.70. The molecule has 120 valence electrons. The first-order valence-electron chi connectivity index (χ1n) is 6.50. The van der Waals surface area contributed by atoms with Crippen LogP contribution in [0.5, 0.6) is 5.75 Å². The third-order valence-electron chi connectivity index (χ3n) is 3.11. The molecule has 1 heterocycles. The number of nitrogen functional groups attached to an aromatic ring is 1. The second-order valence-corrected chi connectivity index (χ2v) is 5.49. The van der Waals surface area contributed by atoms with Crippen LogP contribution in [0.2, 0.25) is 10.0 Å². The number of nitrogens with zero attached hydrogens (tertiary/aromatic N) is 1. The highest BCUT2D eigenvalue weighted by Gasteiger charge is 2.07. The number of nitrogens with two attached hydrogens (primary N) is 1. The van der Waals surface area contributed by atoms with Crippen molar-refractivity contribution in [3.8, 4) is 17.0 Å². The van der Waals surface area contributed by atoms with E-state index in [1.807, 2.05) is 30.3 Å². The maximum absolute atomic E-state index is 5.97. The van der Waals surface area contributed by atoms with Crippen LogP contribution in [0.25, 0.3) is 11.3 Å². The summed E-state index contributed by atoms with van der Waals surface area (Å²) in [5.74, 6) is 0.733. The molecular weight excluding hydrogens is 359 g/mol. The predicted octanol–water partition coefficient (Wildman–Crippen LogP) is 5.23. The summed E-state index contributed by atoms with van der Waals surface area (Å²) in [7, 11) is 0. The molecule has 4 nitrogen and oxygen atoms in total. The van der Waals surface area contributed by atoms with E-state index in [0.29, 0.717) is 28.0 Å². The summed E-state index contributed by atoms with van der Waals surface area (Å²) in [6.07, 6.45) is 1.41. The molecule has 0 atom stereocenters. The molecule has 0 saturated carbocycles. The molecule has 3 rings (SSSR count). The van der Waals surface area contributed by atoms with E-state index in [9.17, 15) is 0 Å². The Kier molecular flexibility index (Phi) is 5.77. The minimum absolute atomic E-state index is 0. The second kappa shape index (κ2) is 7.59. The van der Waals surface area contributed by atoms with Crippen LogP contribution in [0.4, 0.5) is 5.69 Å². The fraction of sp³-hybridized carbons (Fsp3) is 0.0625. The molecule has 0 spiro atoms. The van der Waals surface area contributed by atoms with E-state index >= 15 is 0 Å². The highest BCUT2D eigenvalue weighted by atomic mass is 35.5. The summed E-state index contributed by atoms with van der Waals surface area (Å²) in [4.78, 5) is 0. The Labute approximate surface area is 149 Å². The number of rotatable bonds is 4. The standard InChI is InChI=1S/C16H12Cl2N2O2.ClH/c17-13-6-1-10(7-14(13)18)8-21-12-4-2-11(3-5-12)16-15(19)9-22-20-16;/h1-7,9H,8,19H2;1H. The Morgan fingerprint density at radius 1 is 1.04 bits per heavy atom. The quantitative estimate of drug-likeness (QED) is 0.682. The van der Waals surface area contributed by atoms with E-state index in [1.165, 1.54) is 6.26 Å². The van der Waals surface area contributed by atoms with Crippen LogP contribution in [-0.4, -0.2) is 5.16 Å². The van der Waals surface area contributed by atoms with Crippen molar-refractivity contribution in [3.63, 3.8) is 0 Å². The number of aromatic nitrogens is 1. The molecule has 0 saturated heterocycles. The van der Waals surface area contributed by atoms with Crippen molar-refractivity contribution in [1.29, 1.82) is 0 Å². The first-order valence-corrected chi connectivity index (χ1v) is 7.26. The van der Waals surface area contributed by atoms with Crippen LogP contribution in [0, 0.1) is 0 Å². The molecular formula is C16H13Cl3N2O2. The zero-order valence-corrected chi connectivity index (χ0v) is 14.2. The summed E-state index contributed by atoms with van der Waals surface area (Å²) >= 11 is 11.9. The first kappa shape index (κ1) is 17.5. The predicted molar refractivity (Wildman–Crippen MR) is 94.4 cm³/mol. The molecule has 0 radical (unpaired) electrons. The molecule has 0 aliphatic rings. The molecule has 7 heteroatoms. The number of hydrogen-bond donors (Lipinski definition) is 1. The Morgan fingerprint density at radius 2 is 1.78 bits per heavy atom. The Bertz CT molecular complexity index is 788. The molecule has 3 aromatic rings. The Balaban J connectivity index is 0.00000192.